The van der Waals surface area contributed by atoms with E-state index in [0.717, 1.165) is 48.0 Å². The Bertz CT molecular complexity index is 736. The summed E-state index contributed by atoms with van der Waals surface area (Å²) >= 11 is 0. The monoisotopic (exact) mass is 343 g/mol. The van der Waals surface area contributed by atoms with Crippen LogP contribution in [0, 0.1) is 6.92 Å². The number of hydrogen-bond acceptors (Lipinski definition) is 6. The second-order valence-corrected chi connectivity index (χ2v) is 6.18. The Hall–Kier alpha value is -2.34. The molecule has 2 aromatic rings. The molecule has 3 rings (SSSR count). The Morgan fingerprint density at radius 3 is 2.68 bits per heavy atom. The fourth-order valence-electron chi connectivity index (χ4n) is 3.42. The van der Waals surface area contributed by atoms with E-state index in [2.05, 4.69) is 16.0 Å². The van der Waals surface area contributed by atoms with Gasteiger partial charge < -0.3 is 19.1 Å². The van der Waals surface area contributed by atoms with Crippen molar-refractivity contribution >= 4 is 5.82 Å². The summed E-state index contributed by atoms with van der Waals surface area (Å²) in [6.07, 6.45) is 2.15. The van der Waals surface area contributed by atoms with Crippen LogP contribution in [0.5, 0.6) is 11.5 Å². The van der Waals surface area contributed by atoms with Crippen molar-refractivity contribution < 1.29 is 14.2 Å². The quantitative estimate of drug-likeness (QED) is 0.802. The second kappa shape index (κ2) is 7.70. The lowest BCUT2D eigenvalue weighted by molar-refractivity contribution is 0.177. The van der Waals surface area contributed by atoms with E-state index in [-0.39, 0.29) is 6.04 Å². The highest BCUT2D eigenvalue weighted by Gasteiger charge is 2.30. The molecule has 1 aliphatic rings. The van der Waals surface area contributed by atoms with Gasteiger partial charge in [-0.25, -0.2) is 9.97 Å². The Kier molecular flexibility index (Phi) is 5.38. The van der Waals surface area contributed by atoms with Crippen molar-refractivity contribution in [3.63, 3.8) is 0 Å². The van der Waals surface area contributed by atoms with Gasteiger partial charge in [0.25, 0.3) is 0 Å². The van der Waals surface area contributed by atoms with Crippen LogP contribution in [0.4, 0.5) is 5.82 Å². The van der Waals surface area contributed by atoms with Gasteiger partial charge in [-0.15, -0.1) is 0 Å². The van der Waals surface area contributed by atoms with E-state index in [1.165, 1.54) is 0 Å². The van der Waals surface area contributed by atoms with Crippen LogP contribution in [-0.2, 0) is 11.3 Å². The highest BCUT2D eigenvalue weighted by molar-refractivity contribution is 5.50. The number of nitrogens with zero attached hydrogens (tertiary/aromatic N) is 3. The van der Waals surface area contributed by atoms with E-state index in [1.807, 2.05) is 25.1 Å². The SMILES string of the molecule is COCc1nc(C)cc(N2CCCC2c2cc(OC)ccc2OC)n1. The molecule has 0 amide bonds. The average Bonchev–Trinajstić information content (AvgIpc) is 3.10. The maximum atomic E-state index is 5.59. The van der Waals surface area contributed by atoms with Gasteiger partial charge in [0.05, 0.1) is 20.3 Å². The molecule has 0 aliphatic carbocycles. The van der Waals surface area contributed by atoms with Crippen LogP contribution in [-0.4, -0.2) is 37.8 Å². The predicted octanol–water partition coefficient (Wildman–Crippen LogP) is 3.29. The number of benzene rings is 1. The molecule has 0 bridgehead atoms. The van der Waals surface area contributed by atoms with E-state index in [9.17, 15) is 0 Å². The minimum absolute atomic E-state index is 0.203. The molecule has 6 heteroatoms. The molecule has 1 aromatic heterocycles. The van der Waals surface area contributed by atoms with Crippen molar-refractivity contribution in [2.45, 2.75) is 32.4 Å². The molecule has 1 saturated heterocycles. The Morgan fingerprint density at radius 1 is 1.12 bits per heavy atom. The molecule has 134 valence electrons. The zero-order valence-electron chi connectivity index (χ0n) is 15.3. The van der Waals surface area contributed by atoms with E-state index in [4.69, 9.17) is 19.2 Å². The van der Waals surface area contributed by atoms with Gasteiger partial charge in [-0.1, -0.05) is 0 Å². The van der Waals surface area contributed by atoms with Gasteiger partial charge in [0.1, 0.15) is 23.9 Å². The Morgan fingerprint density at radius 2 is 1.96 bits per heavy atom. The molecule has 2 heterocycles. The van der Waals surface area contributed by atoms with E-state index in [0.29, 0.717) is 12.4 Å². The minimum atomic E-state index is 0.203. The summed E-state index contributed by atoms with van der Waals surface area (Å²) in [5.41, 5.74) is 2.07. The zero-order valence-corrected chi connectivity index (χ0v) is 15.3. The topological polar surface area (TPSA) is 56.7 Å². The second-order valence-electron chi connectivity index (χ2n) is 6.18. The highest BCUT2D eigenvalue weighted by Crippen LogP contribution is 2.40. The summed E-state index contributed by atoms with van der Waals surface area (Å²) in [6, 6.07) is 8.19. The molecular weight excluding hydrogens is 318 g/mol. The van der Waals surface area contributed by atoms with E-state index >= 15 is 0 Å². The lowest BCUT2D eigenvalue weighted by atomic mass is 10.0. The van der Waals surface area contributed by atoms with Crippen LogP contribution in [0.25, 0.3) is 0 Å². The summed E-state index contributed by atoms with van der Waals surface area (Å²) in [6.45, 7) is 3.35. The molecule has 6 nitrogen and oxygen atoms in total. The maximum Gasteiger partial charge on any atom is 0.156 e. The largest absolute Gasteiger partial charge is 0.497 e. The fourth-order valence-corrected chi connectivity index (χ4v) is 3.42. The van der Waals surface area contributed by atoms with E-state index in [1.54, 1.807) is 21.3 Å². The number of anilines is 1. The molecular formula is C19H25N3O3. The number of methoxy groups -OCH3 is 3. The first-order chi connectivity index (χ1) is 12.2. The summed E-state index contributed by atoms with van der Waals surface area (Å²) < 4.78 is 16.2. The summed E-state index contributed by atoms with van der Waals surface area (Å²) in [5, 5.41) is 0. The van der Waals surface area contributed by atoms with Crippen molar-refractivity contribution in [3.8, 4) is 11.5 Å². The third kappa shape index (κ3) is 3.69. The summed E-state index contributed by atoms with van der Waals surface area (Å²) in [5.74, 6) is 3.36. The number of hydrogen-bond donors (Lipinski definition) is 0. The smallest absolute Gasteiger partial charge is 0.156 e. The molecule has 0 spiro atoms. The van der Waals surface area contributed by atoms with E-state index < -0.39 is 0 Å². The third-order valence-corrected chi connectivity index (χ3v) is 4.50. The van der Waals surface area contributed by atoms with Crippen LogP contribution < -0.4 is 14.4 Å². The first kappa shape index (κ1) is 17.5. The maximum absolute atomic E-state index is 5.59. The van der Waals surface area contributed by atoms with Crippen molar-refractivity contribution in [2.24, 2.45) is 0 Å². The Labute approximate surface area is 148 Å². The fraction of sp³-hybridized carbons (Fsp3) is 0.474. The van der Waals surface area contributed by atoms with Crippen LogP contribution in [0.3, 0.4) is 0 Å². The van der Waals surface area contributed by atoms with Gasteiger partial charge in [-0.2, -0.15) is 0 Å². The predicted molar refractivity (Wildman–Crippen MR) is 96.3 cm³/mol. The summed E-state index contributed by atoms with van der Waals surface area (Å²) in [4.78, 5) is 11.5. The van der Waals surface area contributed by atoms with Crippen LogP contribution in [0.2, 0.25) is 0 Å². The molecule has 1 aromatic carbocycles. The van der Waals surface area contributed by atoms with Gasteiger partial charge in [0.15, 0.2) is 5.82 Å². The van der Waals surface area contributed by atoms with Crippen molar-refractivity contribution in [2.75, 3.05) is 32.8 Å². The molecule has 25 heavy (non-hydrogen) atoms. The number of aryl methyl sites for hydroxylation is 1. The van der Waals surface area contributed by atoms with Crippen molar-refractivity contribution in [1.82, 2.24) is 9.97 Å². The van der Waals surface area contributed by atoms with Gasteiger partial charge in [-0.05, 0) is 38.0 Å². The van der Waals surface area contributed by atoms with Crippen molar-refractivity contribution in [3.05, 3.63) is 41.3 Å². The zero-order chi connectivity index (χ0) is 17.8. The number of rotatable bonds is 6. The van der Waals surface area contributed by atoms with Crippen LogP contribution >= 0.6 is 0 Å². The minimum Gasteiger partial charge on any atom is -0.497 e. The normalized spacial score (nSPS) is 17.0. The lowest BCUT2D eigenvalue weighted by Crippen LogP contribution is -2.25. The molecule has 1 fully saturated rings. The molecule has 1 aliphatic heterocycles. The number of aromatic nitrogens is 2. The van der Waals surface area contributed by atoms with Crippen molar-refractivity contribution in [1.29, 1.82) is 0 Å². The molecule has 0 saturated carbocycles. The van der Waals surface area contributed by atoms with Gasteiger partial charge in [0, 0.05) is 31.0 Å². The molecule has 1 atom stereocenters. The Balaban J connectivity index is 1.98. The molecule has 0 radical (unpaired) electrons. The summed E-state index contributed by atoms with van der Waals surface area (Å²) in [7, 11) is 5.05. The van der Waals surface area contributed by atoms with Gasteiger partial charge in [-0.3, -0.25) is 0 Å². The highest BCUT2D eigenvalue weighted by atomic mass is 16.5. The first-order valence-electron chi connectivity index (χ1n) is 8.48. The van der Waals surface area contributed by atoms with Gasteiger partial charge >= 0.3 is 0 Å². The van der Waals surface area contributed by atoms with Crippen LogP contribution in [0.15, 0.2) is 24.3 Å². The van der Waals surface area contributed by atoms with Gasteiger partial charge in [0.2, 0.25) is 0 Å². The van der Waals surface area contributed by atoms with Crippen LogP contribution in [0.1, 0.15) is 36.0 Å². The lowest BCUT2D eigenvalue weighted by Gasteiger charge is -2.28. The molecule has 0 N–H and O–H groups in total. The average molecular weight is 343 g/mol. The standard InChI is InChI=1S/C19H25N3O3/c1-13-10-19(21-18(20-13)12-23-2)22-9-5-6-16(22)15-11-14(24-3)7-8-17(15)25-4/h7-8,10-11,16H,5-6,9,12H2,1-4H3. The first-order valence-corrected chi connectivity index (χ1v) is 8.48. The molecule has 1 unspecified atom stereocenters. The third-order valence-electron chi connectivity index (χ3n) is 4.50. The number of ether oxygens (including phenoxy) is 3.